The van der Waals surface area contributed by atoms with Gasteiger partial charge in [-0.25, -0.2) is 9.97 Å². The van der Waals surface area contributed by atoms with Gasteiger partial charge in [-0.1, -0.05) is 62.2 Å². The Morgan fingerprint density at radius 2 is 1.70 bits per heavy atom. The van der Waals surface area contributed by atoms with E-state index in [0.717, 1.165) is 36.7 Å². The van der Waals surface area contributed by atoms with Crippen LogP contribution in [0.4, 0.5) is 5.82 Å². The van der Waals surface area contributed by atoms with Crippen LogP contribution in [0.1, 0.15) is 42.1 Å². The Bertz CT molecular complexity index is 1170. The van der Waals surface area contributed by atoms with E-state index in [4.69, 9.17) is 15.7 Å². The van der Waals surface area contributed by atoms with E-state index in [9.17, 15) is 4.79 Å². The van der Waals surface area contributed by atoms with E-state index in [1.54, 1.807) is 0 Å². The molecule has 0 saturated heterocycles. The van der Waals surface area contributed by atoms with Gasteiger partial charge in [-0.05, 0) is 30.5 Å². The van der Waals surface area contributed by atoms with Crippen molar-refractivity contribution in [2.75, 3.05) is 12.3 Å². The number of unbranched alkanes of at least 4 members (excludes halogenated alkanes) is 2. The maximum absolute atomic E-state index is 13.0. The summed E-state index contributed by atoms with van der Waals surface area (Å²) < 4.78 is 1.92. The van der Waals surface area contributed by atoms with Crippen molar-refractivity contribution in [1.29, 1.82) is 0 Å². The van der Waals surface area contributed by atoms with Crippen LogP contribution in [-0.2, 0) is 13.0 Å². The molecule has 1 amide bonds. The first-order valence-corrected chi connectivity index (χ1v) is 10.6. The van der Waals surface area contributed by atoms with Gasteiger partial charge in [-0.15, -0.1) is 0 Å². The van der Waals surface area contributed by atoms with Crippen LogP contribution >= 0.6 is 0 Å². The van der Waals surface area contributed by atoms with Crippen LogP contribution in [0, 0.1) is 0 Å². The molecule has 0 fully saturated rings. The summed E-state index contributed by atoms with van der Waals surface area (Å²) >= 11 is 0. The molecule has 154 valence electrons. The molecule has 0 unspecified atom stereocenters. The Hall–Kier alpha value is -3.41. The Balaban J connectivity index is 1.74. The second-order valence-corrected chi connectivity index (χ2v) is 7.50. The first-order chi connectivity index (χ1) is 14.7. The molecule has 0 aliphatic heterocycles. The molecule has 0 saturated carbocycles. The third kappa shape index (κ3) is 3.99. The molecule has 0 aliphatic carbocycles. The number of fused-ring (bicyclic) bond motifs is 2. The van der Waals surface area contributed by atoms with Crippen molar-refractivity contribution in [3.05, 3.63) is 65.7 Å². The van der Waals surface area contributed by atoms with Crippen LogP contribution in [-0.4, -0.2) is 27.0 Å². The number of nitrogens with one attached hydrogen (secondary N) is 1. The largest absolute Gasteiger partial charge is 0.384 e. The van der Waals surface area contributed by atoms with E-state index >= 15 is 0 Å². The normalized spacial score (nSPS) is 11.2. The predicted octanol–water partition coefficient (Wildman–Crippen LogP) is 4.33. The van der Waals surface area contributed by atoms with Gasteiger partial charge >= 0.3 is 0 Å². The Kier molecular flexibility index (Phi) is 5.93. The van der Waals surface area contributed by atoms with E-state index < -0.39 is 0 Å². The van der Waals surface area contributed by atoms with E-state index in [1.807, 2.05) is 47.0 Å². The lowest BCUT2D eigenvalue weighted by Gasteiger charge is -2.08. The van der Waals surface area contributed by atoms with E-state index in [-0.39, 0.29) is 5.91 Å². The fourth-order valence-electron chi connectivity index (χ4n) is 3.72. The number of nitrogens with zero attached hydrogens (tertiary/aromatic N) is 3. The standard InChI is InChI=1S/C24H27N5O/c1-2-3-9-15-26-24(30)20-21-23(28-19-13-8-7-12-18(19)27-21)29(22(20)25)16-14-17-10-5-4-6-11-17/h4-8,10-13H,2-3,9,14-16,25H2,1H3,(H,26,30). The predicted molar refractivity (Wildman–Crippen MR) is 121 cm³/mol. The number of anilines is 1. The highest BCUT2D eigenvalue weighted by Crippen LogP contribution is 2.28. The van der Waals surface area contributed by atoms with Crippen LogP contribution in [0.3, 0.4) is 0 Å². The highest BCUT2D eigenvalue weighted by molar-refractivity contribution is 6.10. The summed E-state index contributed by atoms with van der Waals surface area (Å²) in [6, 6.07) is 17.9. The highest BCUT2D eigenvalue weighted by atomic mass is 16.1. The number of amides is 1. The van der Waals surface area contributed by atoms with Crippen LogP contribution in [0.25, 0.3) is 22.2 Å². The summed E-state index contributed by atoms with van der Waals surface area (Å²) in [5.41, 5.74) is 10.9. The van der Waals surface area contributed by atoms with Gasteiger partial charge in [-0.2, -0.15) is 0 Å². The van der Waals surface area contributed by atoms with Crippen LogP contribution in [0.15, 0.2) is 54.6 Å². The van der Waals surface area contributed by atoms with E-state index in [1.165, 1.54) is 5.56 Å². The van der Waals surface area contributed by atoms with Crippen molar-refractivity contribution in [2.45, 2.75) is 39.2 Å². The zero-order chi connectivity index (χ0) is 20.9. The first kappa shape index (κ1) is 19.9. The molecule has 3 N–H and O–H groups in total. The fraction of sp³-hybridized carbons (Fsp3) is 0.292. The van der Waals surface area contributed by atoms with Gasteiger partial charge in [0.25, 0.3) is 5.91 Å². The van der Waals surface area contributed by atoms with Gasteiger partial charge in [0.1, 0.15) is 16.9 Å². The van der Waals surface area contributed by atoms with Gasteiger partial charge < -0.3 is 15.6 Å². The minimum absolute atomic E-state index is 0.184. The topological polar surface area (TPSA) is 85.8 Å². The highest BCUT2D eigenvalue weighted by Gasteiger charge is 2.23. The minimum atomic E-state index is -0.184. The fourth-order valence-corrected chi connectivity index (χ4v) is 3.72. The lowest BCUT2D eigenvalue weighted by molar-refractivity contribution is 0.0955. The average molecular weight is 402 g/mol. The number of benzene rings is 2. The SMILES string of the molecule is CCCCCNC(=O)c1c(N)n(CCc2ccccc2)c2nc3ccccc3nc12. The maximum atomic E-state index is 13.0. The molecular weight excluding hydrogens is 374 g/mol. The number of nitrogens with two attached hydrogens (primary N) is 1. The number of hydrogen-bond donors (Lipinski definition) is 2. The molecule has 0 spiro atoms. The summed E-state index contributed by atoms with van der Waals surface area (Å²) in [5, 5.41) is 3.00. The Morgan fingerprint density at radius 3 is 2.43 bits per heavy atom. The number of carbonyl (C=O) groups excluding carboxylic acids is 1. The van der Waals surface area contributed by atoms with Gasteiger partial charge in [-0.3, -0.25) is 4.79 Å². The molecule has 30 heavy (non-hydrogen) atoms. The number of rotatable bonds is 8. The maximum Gasteiger partial charge on any atom is 0.257 e. The molecule has 0 aliphatic rings. The summed E-state index contributed by atoms with van der Waals surface area (Å²) in [5.74, 6) is 0.237. The molecule has 2 heterocycles. The molecule has 6 nitrogen and oxygen atoms in total. The summed E-state index contributed by atoms with van der Waals surface area (Å²) in [6.07, 6.45) is 3.93. The van der Waals surface area contributed by atoms with E-state index in [2.05, 4.69) is 24.4 Å². The summed E-state index contributed by atoms with van der Waals surface area (Å²) in [7, 11) is 0. The van der Waals surface area contributed by atoms with E-state index in [0.29, 0.717) is 35.6 Å². The number of hydrogen-bond acceptors (Lipinski definition) is 4. The minimum Gasteiger partial charge on any atom is -0.384 e. The summed E-state index contributed by atoms with van der Waals surface area (Å²) in [4.78, 5) is 22.6. The number of nitrogen functional groups attached to an aromatic ring is 1. The number of aromatic nitrogens is 3. The first-order valence-electron chi connectivity index (χ1n) is 10.6. The number of aryl methyl sites for hydroxylation is 2. The molecule has 4 rings (SSSR count). The third-order valence-electron chi connectivity index (χ3n) is 5.35. The lowest BCUT2D eigenvalue weighted by atomic mass is 10.1. The zero-order valence-electron chi connectivity index (χ0n) is 17.3. The van der Waals surface area contributed by atoms with Crippen molar-refractivity contribution in [3.8, 4) is 0 Å². The lowest BCUT2D eigenvalue weighted by Crippen LogP contribution is -2.25. The quantitative estimate of drug-likeness (QED) is 0.430. The van der Waals surface area contributed by atoms with Crippen molar-refractivity contribution < 1.29 is 4.79 Å². The Labute approximate surface area is 176 Å². The number of para-hydroxylation sites is 2. The number of carbonyl (C=O) groups is 1. The molecule has 4 aromatic rings. The van der Waals surface area contributed by atoms with Crippen molar-refractivity contribution in [2.24, 2.45) is 0 Å². The van der Waals surface area contributed by atoms with Gasteiger partial charge in [0, 0.05) is 13.1 Å². The second-order valence-electron chi connectivity index (χ2n) is 7.50. The second kappa shape index (κ2) is 8.95. The summed E-state index contributed by atoms with van der Waals surface area (Å²) in [6.45, 7) is 3.40. The van der Waals surface area contributed by atoms with Gasteiger partial charge in [0.2, 0.25) is 0 Å². The van der Waals surface area contributed by atoms with Crippen LogP contribution < -0.4 is 11.1 Å². The third-order valence-corrected chi connectivity index (χ3v) is 5.35. The molecular formula is C24H27N5O. The molecule has 2 aromatic heterocycles. The Morgan fingerprint density at radius 1 is 1.00 bits per heavy atom. The van der Waals surface area contributed by atoms with Gasteiger partial charge in [0.05, 0.1) is 11.0 Å². The molecule has 0 radical (unpaired) electrons. The monoisotopic (exact) mass is 401 g/mol. The van der Waals surface area contributed by atoms with Crippen molar-refractivity contribution in [1.82, 2.24) is 19.9 Å². The molecule has 6 heteroatoms. The molecule has 2 aromatic carbocycles. The van der Waals surface area contributed by atoms with Gasteiger partial charge in [0.15, 0.2) is 5.65 Å². The van der Waals surface area contributed by atoms with Crippen molar-refractivity contribution in [3.63, 3.8) is 0 Å². The molecule has 0 bridgehead atoms. The van der Waals surface area contributed by atoms with Crippen LogP contribution in [0.2, 0.25) is 0 Å². The smallest absolute Gasteiger partial charge is 0.257 e. The van der Waals surface area contributed by atoms with Crippen LogP contribution in [0.5, 0.6) is 0 Å². The average Bonchev–Trinajstić information content (AvgIpc) is 3.04. The molecule has 0 atom stereocenters. The zero-order valence-corrected chi connectivity index (χ0v) is 17.3. The van der Waals surface area contributed by atoms with Crippen molar-refractivity contribution >= 4 is 33.9 Å².